The Hall–Kier alpha value is -0.750. The van der Waals surface area contributed by atoms with Crippen molar-refractivity contribution in [1.82, 2.24) is 15.0 Å². The van der Waals surface area contributed by atoms with E-state index in [9.17, 15) is 0 Å². The highest BCUT2D eigenvalue weighted by atomic mass is 32.1. The van der Waals surface area contributed by atoms with Crippen LogP contribution in [0.25, 0.3) is 0 Å². The molecule has 0 radical (unpaired) electrons. The van der Waals surface area contributed by atoms with Crippen LogP contribution in [-0.2, 0) is 0 Å². The number of rotatable bonds is 3. The van der Waals surface area contributed by atoms with Crippen molar-refractivity contribution in [1.29, 1.82) is 0 Å². The van der Waals surface area contributed by atoms with Crippen LogP contribution in [0.15, 0.2) is 0 Å². The Kier molecular flexibility index (Phi) is 5.51. The second-order valence-corrected chi connectivity index (χ2v) is 5.90. The predicted octanol–water partition coefficient (Wildman–Crippen LogP) is 4.14. The molecule has 0 aliphatic heterocycles. The Bertz CT molecular complexity index is 472. The number of nitrogens with one attached hydrogen (secondary N) is 2. The van der Waals surface area contributed by atoms with Crippen LogP contribution in [0.5, 0.6) is 0 Å². The third-order valence-electron chi connectivity index (χ3n) is 3.78. The average Bonchev–Trinajstić information content (AvgIpc) is 2.31. The van der Waals surface area contributed by atoms with Gasteiger partial charge in [0, 0.05) is 12.6 Å². The van der Waals surface area contributed by atoms with E-state index in [4.69, 9.17) is 24.4 Å². The van der Waals surface area contributed by atoms with Gasteiger partial charge in [0.05, 0.1) is 0 Å². The van der Waals surface area contributed by atoms with Crippen LogP contribution in [-0.4, -0.2) is 27.5 Å². The molecule has 0 aromatic carbocycles. The van der Waals surface area contributed by atoms with Crippen molar-refractivity contribution in [2.75, 3.05) is 11.4 Å². The quantitative estimate of drug-likeness (QED) is 0.824. The molecule has 0 unspecified atom stereocenters. The molecule has 0 spiro atoms. The minimum absolute atomic E-state index is 0.461. The molecule has 1 aliphatic rings. The van der Waals surface area contributed by atoms with Gasteiger partial charge in [0.1, 0.15) is 0 Å². The molecule has 0 amide bonds. The summed E-state index contributed by atoms with van der Waals surface area (Å²) in [7, 11) is 0. The first-order valence-electron chi connectivity index (χ1n) is 7.18. The number of hydrogen-bond donors (Lipinski definition) is 2. The lowest BCUT2D eigenvalue weighted by molar-refractivity contribution is 0.428. The summed E-state index contributed by atoms with van der Waals surface area (Å²) in [5, 5.41) is 0. The van der Waals surface area contributed by atoms with E-state index in [0.29, 0.717) is 15.6 Å². The van der Waals surface area contributed by atoms with E-state index >= 15 is 0 Å². The van der Waals surface area contributed by atoms with Gasteiger partial charge in [-0.25, -0.2) is 0 Å². The van der Waals surface area contributed by atoms with E-state index in [0.717, 1.165) is 12.5 Å². The van der Waals surface area contributed by atoms with Crippen molar-refractivity contribution in [2.45, 2.75) is 57.9 Å². The Labute approximate surface area is 124 Å². The molecule has 1 aromatic heterocycles. The van der Waals surface area contributed by atoms with Gasteiger partial charge in [-0.05, 0) is 44.2 Å². The van der Waals surface area contributed by atoms with Crippen molar-refractivity contribution in [3.8, 4) is 0 Å². The first kappa shape index (κ1) is 14.7. The standard InChI is InChI=1S/C13H22N4S2/c1-2-17(10-8-6-4-3-5-7-9-10)11-14-12(18)16-13(19)15-11/h10H,2-9H2,1H3,(H2,14,15,16,18,19). The maximum atomic E-state index is 5.16. The first-order valence-corrected chi connectivity index (χ1v) is 7.99. The van der Waals surface area contributed by atoms with Gasteiger partial charge >= 0.3 is 0 Å². The summed E-state index contributed by atoms with van der Waals surface area (Å²) in [5.74, 6) is 0.821. The monoisotopic (exact) mass is 298 g/mol. The Balaban J connectivity index is 2.21. The third kappa shape index (κ3) is 4.11. The molecule has 6 heteroatoms. The van der Waals surface area contributed by atoms with Gasteiger partial charge in [-0.2, -0.15) is 4.98 Å². The number of anilines is 1. The summed E-state index contributed by atoms with van der Waals surface area (Å²) in [4.78, 5) is 12.7. The summed E-state index contributed by atoms with van der Waals surface area (Å²) >= 11 is 10.3. The summed E-state index contributed by atoms with van der Waals surface area (Å²) in [6, 6.07) is 0.556. The molecule has 1 aliphatic carbocycles. The van der Waals surface area contributed by atoms with Crippen LogP contribution in [0.4, 0.5) is 5.95 Å². The number of H-pyrrole nitrogens is 2. The van der Waals surface area contributed by atoms with Crippen molar-refractivity contribution in [3.05, 3.63) is 9.54 Å². The molecular formula is C13H22N4S2. The van der Waals surface area contributed by atoms with E-state index in [1.165, 1.54) is 44.9 Å². The summed E-state index contributed by atoms with van der Waals surface area (Å²) in [5.41, 5.74) is 0. The fraction of sp³-hybridized carbons (Fsp3) is 0.769. The molecule has 0 saturated heterocycles. The van der Waals surface area contributed by atoms with E-state index in [-0.39, 0.29) is 0 Å². The second-order valence-electron chi connectivity index (χ2n) is 5.10. The van der Waals surface area contributed by atoms with Crippen LogP contribution < -0.4 is 4.90 Å². The minimum atomic E-state index is 0.461. The molecule has 2 N–H and O–H groups in total. The van der Waals surface area contributed by atoms with Gasteiger partial charge in [-0.15, -0.1) is 0 Å². The fourth-order valence-corrected chi connectivity index (χ4v) is 3.29. The van der Waals surface area contributed by atoms with Gasteiger partial charge in [-0.3, -0.25) is 0 Å². The molecule has 2 rings (SSSR count). The summed E-state index contributed by atoms with van der Waals surface area (Å²) < 4.78 is 1.02. The molecule has 1 aromatic rings. The third-order valence-corrected chi connectivity index (χ3v) is 4.18. The average molecular weight is 298 g/mol. The minimum Gasteiger partial charge on any atom is -0.340 e. The van der Waals surface area contributed by atoms with Gasteiger partial charge in [-0.1, -0.05) is 32.1 Å². The van der Waals surface area contributed by atoms with Gasteiger partial charge in [0.2, 0.25) is 10.7 Å². The van der Waals surface area contributed by atoms with Gasteiger partial charge in [0.25, 0.3) is 0 Å². The molecule has 1 heterocycles. The second kappa shape index (κ2) is 7.14. The van der Waals surface area contributed by atoms with Crippen LogP contribution in [0.3, 0.4) is 0 Å². The maximum absolute atomic E-state index is 5.16. The highest BCUT2D eigenvalue weighted by molar-refractivity contribution is 7.71. The molecule has 1 fully saturated rings. The Morgan fingerprint density at radius 1 is 1.11 bits per heavy atom. The highest BCUT2D eigenvalue weighted by Crippen LogP contribution is 2.23. The van der Waals surface area contributed by atoms with E-state index < -0.39 is 0 Å². The SMILES string of the molecule is CCN(c1nc(=S)[nH]c(=S)[nH]1)C1CCCCCCC1. The van der Waals surface area contributed by atoms with Crippen molar-refractivity contribution in [3.63, 3.8) is 0 Å². The Morgan fingerprint density at radius 3 is 2.32 bits per heavy atom. The number of aromatic nitrogens is 3. The lowest BCUT2D eigenvalue weighted by atomic mass is 9.96. The zero-order valence-corrected chi connectivity index (χ0v) is 13.1. The first-order chi connectivity index (χ1) is 9.20. The number of nitrogens with zero attached hydrogens (tertiary/aromatic N) is 2. The predicted molar refractivity (Wildman–Crippen MR) is 83.7 cm³/mol. The molecule has 106 valence electrons. The molecule has 1 saturated carbocycles. The molecule has 4 nitrogen and oxygen atoms in total. The zero-order chi connectivity index (χ0) is 13.7. The largest absolute Gasteiger partial charge is 0.340 e. The normalized spacial score (nSPS) is 17.7. The maximum Gasteiger partial charge on any atom is 0.207 e. The highest BCUT2D eigenvalue weighted by Gasteiger charge is 2.20. The van der Waals surface area contributed by atoms with Crippen molar-refractivity contribution < 1.29 is 0 Å². The van der Waals surface area contributed by atoms with Crippen LogP contribution in [0.2, 0.25) is 0 Å². The van der Waals surface area contributed by atoms with E-state index in [1.807, 2.05) is 0 Å². The smallest absolute Gasteiger partial charge is 0.207 e. The van der Waals surface area contributed by atoms with Crippen LogP contribution >= 0.6 is 24.4 Å². The zero-order valence-electron chi connectivity index (χ0n) is 11.4. The molecular weight excluding hydrogens is 276 g/mol. The van der Waals surface area contributed by atoms with E-state index in [2.05, 4.69) is 26.8 Å². The van der Waals surface area contributed by atoms with Crippen LogP contribution in [0.1, 0.15) is 51.9 Å². The molecule has 0 atom stereocenters. The molecule has 19 heavy (non-hydrogen) atoms. The summed E-state index contributed by atoms with van der Waals surface area (Å²) in [6.07, 6.45) is 9.18. The van der Waals surface area contributed by atoms with E-state index in [1.54, 1.807) is 0 Å². The van der Waals surface area contributed by atoms with Crippen LogP contribution in [0, 0.1) is 9.54 Å². The lowest BCUT2D eigenvalue weighted by Gasteiger charge is -2.32. The lowest BCUT2D eigenvalue weighted by Crippen LogP contribution is -2.37. The van der Waals surface area contributed by atoms with Gasteiger partial charge < -0.3 is 14.9 Å². The van der Waals surface area contributed by atoms with Gasteiger partial charge in [0.15, 0.2) is 4.77 Å². The topological polar surface area (TPSA) is 47.7 Å². The fourth-order valence-electron chi connectivity index (χ4n) is 2.85. The summed E-state index contributed by atoms with van der Waals surface area (Å²) in [6.45, 7) is 3.10. The number of hydrogen-bond acceptors (Lipinski definition) is 4. The molecule has 0 bridgehead atoms. The van der Waals surface area contributed by atoms with Crippen molar-refractivity contribution in [2.24, 2.45) is 0 Å². The van der Waals surface area contributed by atoms with Crippen molar-refractivity contribution >= 4 is 30.4 Å². The number of aromatic amines is 2. The Morgan fingerprint density at radius 2 is 1.74 bits per heavy atom.